The molecule has 0 bridgehead atoms. The molecule has 2 heterocycles. The fourth-order valence-electron chi connectivity index (χ4n) is 3.87. The van der Waals surface area contributed by atoms with Crippen molar-refractivity contribution >= 4 is 17.3 Å². The summed E-state index contributed by atoms with van der Waals surface area (Å²) in [6.45, 7) is 0.375. The van der Waals surface area contributed by atoms with Gasteiger partial charge in [0.15, 0.2) is 6.10 Å². The van der Waals surface area contributed by atoms with Crippen molar-refractivity contribution < 1.29 is 14.7 Å². The van der Waals surface area contributed by atoms with Gasteiger partial charge in [-0.05, 0) is 35.4 Å². The molecule has 3 aromatic rings. The predicted octanol–water partition coefficient (Wildman–Crippen LogP) is 3.73. The number of oxime groups is 1. The lowest BCUT2D eigenvalue weighted by atomic mass is 10.0. The first-order chi connectivity index (χ1) is 15.2. The third-order valence-corrected chi connectivity index (χ3v) is 5.52. The molecule has 0 fully saturated rings. The highest BCUT2D eigenvalue weighted by atomic mass is 16.6. The summed E-state index contributed by atoms with van der Waals surface area (Å²) in [5, 5.41) is 13.5. The standard InChI is InChI=1S/C26H20N2O3/c29-17-18-9-11-20(12-10-18)24-15-22(31-27-24)16-28-25-8-4-2-6-21(25)14-13-19-5-1-3-7-23(19)26(28)30/h1-12,22,29H,15-17H2. The van der Waals surface area contributed by atoms with Gasteiger partial charge in [0.05, 0.1) is 30.1 Å². The Labute approximate surface area is 180 Å². The van der Waals surface area contributed by atoms with E-state index in [1.54, 1.807) is 4.90 Å². The van der Waals surface area contributed by atoms with Gasteiger partial charge in [-0.15, -0.1) is 0 Å². The highest BCUT2D eigenvalue weighted by molar-refractivity contribution is 6.09. The first-order valence-electron chi connectivity index (χ1n) is 10.2. The summed E-state index contributed by atoms with van der Waals surface area (Å²) < 4.78 is 0. The lowest BCUT2D eigenvalue weighted by Gasteiger charge is -2.27. The summed E-state index contributed by atoms with van der Waals surface area (Å²) >= 11 is 0. The number of amides is 1. The molecule has 0 spiro atoms. The summed E-state index contributed by atoms with van der Waals surface area (Å²) in [5.41, 5.74) is 5.53. The van der Waals surface area contributed by atoms with Crippen molar-refractivity contribution in [1.29, 1.82) is 0 Å². The van der Waals surface area contributed by atoms with Gasteiger partial charge >= 0.3 is 0 Å². The van der Waals surface area contributed by atoms with Crippen LogP contribution in [0.4, 0.5) is 5.69 Å². The maximum atomic E-state index is 13.5. The number of hydrogen-bond acceptors (Lipinski definition) is 4. The third-order valence-electron chi connectivity index (χ3n) is 5.52. The molecule has 3 aromatic carbocycles. The molecule has 5 nitrogen and oxygen atoms in total. The van der Waals surface area contributed by atoms with Crippen LogP contribution in [0.15, 0.2) is 78.0 Å². The highest BCUT2D eigenvalue weighted by Gasteiger charge is 2.30. The lowest BCUT2D eigenvalue weighted by molar-refractivity contribution is 0.0817. The molecule has 2 aliphatic heterocycles. The maximum Gasteiger partial charge on any atom is 0.259 e. The zero-order valence-electron chi connectivity index (χ0n) is 16.8. The van der Waals surface area contributed by atoms with E-state index >= 15 is 0 Å². The summed E-state index contributed by atoms with van der Waals surface area (Å²) in [7, 11) is 0. The van der Waals surface area contributed by atoms with Crippen molar-refractivity contribution in [2.75, 3.05) is 11.4 Å². The molecular weight excluding hydrogens is 388 g/mol. The van der Waals surface area contributed by atoms with Crippen molar-refractivity contribution in [2.24, 2.45) is 5.16 Å². The summed E-state index contributed by atoms with van der Waals surface area (Å²) in [5.74, 6) is 6.25. The van der Waals surface area contributed by atoms with Crippen LogP contribution in [-0.2, 0) is 11.4 Å². The molecule has 2 aliphatic rings. The Morgan fingerprint density at radius 2 is 1.68 bits per heavy atom. The van der Waals surface area contributed by atoms with E-state index in [2.05, 4.69) is 17.0 Å². The van der Waals surface area contributed by atoms with Crippen LogP contribution < -0.4 is 4.90 Å². The Hall–Kier alpha value is -3.88. The predicted molar refractivity (Wildman–Crippen MR) is 119 cm³/mol. The van der Waals surface area contributed by atoms with E-state index in [9.17, 15) is 9.90 Å². The molecule has 152 valence electrons. The van der Waals surface area contributed by atoms with Gasteiger partial charge in [-0.1, -0.05) is 65.5 Å². The largest absolute Gasteiger partial charge is 0.392 e. The molecule has 1 unspecified atom stereocenters. The number of hydrogen-bond donors (Lipinski definition) is 1. The van der Waals surface area contributed by atoms with E-state index in [0.29, 0.717) is 18.5 Å². The maximum absolute atomic E-state index is 13.5. The normalized spacial score (nSPS) is 16.8. The number of aliphatic hydroxyl groups excluding tert-OH is 1. The number of fused-ring (bicyclic) bond motifs is 2. The van der Waals surface area contributed by atoms with Gasteiger partial charge in [0.2, 0.25) is 0 Å². The number of para-hydroxylation sites is 1. The number of nitrogens with zero attached hydrogens (tertiary/aromatic N) is 2. The van der Waals surface area contributed by atoms with Gasteiger partial charge in [0.1, 0.15) is 0 Å². The summed E-state index contributed by atoms with van der Waals surface area (Å²) in [6, 6.07) is 22.7. The quantitative estimate of drug-likeness (QED) is 0.669. The number of aliphatic hydroxyl groups is 1. The Bertz CT molecular complexity index is 1240. The van der Waals surface area contributed by atoms with Crippen LogP contribution in [0.25, 0.3) is 0 Å². The molecule has 31 heavy (non-hydrogen) atoms. The van der Waals surface area contributed by atoms with Gasteiger partial charge in [0.25, 0.3) is 5.91 Å². The van der Waals surface area contributed by atoms with Crippen LogP contribution in [0.5, 0.6) is 0 Å². The van der Waals surface area contributed by atoms with Crippen LogP contribution in [0.3, 0.4) is 0 Å². The Morgan fingerprint density at radius 3 is 2.48 bits per heavy atom. The Morgan fingerprint density at radius 1 is 0.968 bits per heavy atom. The Kier molecular flexibility index (Phi) is 4.99. The van der Waals surface area contributed by atoms with E-state index in [0.717, 1.165) is 33.7 Å². The van der Waals surface area contributed by atoms with Gasteiger partial charge < -0.3 is 14.8 Å². The van der Waals surface area contributed by atoms with E-state index in [1.807, 2.05) is 72.8 Å². The van der Waals surface area contributed by atoms with Gasteiger partial charge in [-0.2, -0.15) is 0 Å². The van der Waals surface area contributed by atoms with E-state index in [1.165, 1.54) is 0 Å². The first-order valence-corrected chi connectivity index (χ1v) is 10.2. The SMILES string of the molecule is O=C1c2ccccc2C#Cc2ccccc2N1CC1CC(c2ccc(CO)cc2)=NO1. The second-order valence-corrected chi connectivity index (χ2v) is 7.55. The number of benzene rings is 3. The van der Waals surface area contributed by atoms with Crippen LogP contribution >= 0.6 is 0 Å². The molecule has 5 rings (SSSR count). The molecule has 0 saturated heterocycles. The molecular formula is C26H20N2O3. The number of carbonyl (C=O) groups excluding carboxylic acids is 1. The van der Waals surface area contributed by atoms with Crippen LogP contribution in [0.1, 0.15) is 39.0 Å². The van der Waals surface area contributed by atoms with E-state index < -0.39 is 0 Å². The van der Waals surface area contributed by atoms with Crippen molar-refractivity contribution in [3.63, 3.8) is 0 Å². The van der Waals surface area contributed by atoms with Gasteiger partial charge in [0, 0.05) is 17.5 Å². The number of anilines is 1. The molecule has 1 N–H and O–H groups in total. The monoisotopic (exact) mass is 408 g/mol. The lowest BCUT2D eigenvalue weighted by Crippen LogP contribution is -2.39. The van der Waals surface area contributed by atoms with E-state index in [4.69, 9.17) is 4.84 Å². The third kappa shape index (κ3) is 3.70. The van der Waals surface area contributed by atoms with Crippen molar-refractivity contribution in [1.82, 2.24) is 0 Å². The fraction of sp³-hybridized carbons (Fsp3) is 0.154. The smallest absolute Gasteiger partial charge is 0.259 e. The molecule has 0 radical (unpaired) electrons. The average Bonchev–Trinajstić information content (AvgIpc) is 3.29. The summed E-state index contributed by atoms with van der Waals surface area (Å²) in [6.07, 6.45) is 0.335. The number of rotatable bonds is 4. The molecule has 0 saturated carbocycles. The second-order valence-electron chi connectivity index (χ2n) is 7.55. The Balaban J connectivity index is 1.42. The molecule has 0 aliphatic carbocycles. The average molecular weight is 408 g/mol. The molecule has 5 heteroatoms. The van der Waals surface area contributed by atoms with Crippen LogP contribution in [-0.4, -0.2) is 29.4 Å². The zero-order chi connectivity index (χ0) is 21.2. The minimum absolute atomic E-state index is 0.00668. The van der Waals surface area contributed by atoms with Crippen molar-refractivity contribution in [3.8, 4) is 11.8 Å². The fourth-order valence-corrected chi connectivity index (χ4v) is 3.87. The van der Waals surface area contributed by atoms with Crippen LogP contribution in [0.2, 0.25) is 0 Å². The highest BCUT2D eigenvalue weighted by Crippen LogP contribution is 2.27. The zero-order valence-corrected chi connectivity index (χ0v) is 16.8. The molecule has 1 amide bonds. The minimum Gasteiger partial charge on any atom is -0.392 e. The second kappa shape index (κ2) is 8.10. The molecule has 1 atom stereocenters. The van der Waals surface area contributed by atoms with Crippen molar-refractivity contribution in [3.05, 3.63) is 101 Å². The topological polar surface area (TPSA) is 62.1 Å². The first kappa shape index (κ1) is 19.1. The van der Waals surface area contributed by atoms with Gasteiger partial charge in [-0.25, -0.2) is 0 Å². The van der Waals surface area contributed by atoms with Crippen LogP contribution in [0, 0.1) is 11.8 Å². The summed E-state index contributed by atoms with van der Waals surface area (Å²) in [4.78, 5) is 21.0. The molecule has 0 aromatic heterocycles. The van der Waals surface area contributed by atoms with Crippen molar-refractivity contribution in [2.45, 2.75) is 19.1 Å². The van der Waals surface area contributed by atoms with Gasteiger partial charge in [-0.3, -0.25) is 4.79 Å². The van der Waals surface area contributed by atoms with E-state index in [-0.39, 0.29) is 18.6 Å². The minimum atomic E-state index is -0.260. The number of carbonyl (C=O) groups is 1.